The molecule has 7 heteroatoms. The summed E-state index contributed by atoms with van der Waals surface area (Å²) in [5.41, 5.74) is 6.75. The number of Topliss-reactive ketones (excluding diaryl/α,β-unsaturated/α-hetero) is 1. The van der Waals surface area contributed by atoms with Crippen LogP contribution >= 0.6 is 0 Å². The van der Waals surface area contributed by atoms with Crippen molar-refractivity contribution in [2.75, 3.05) is 18.6 Å². The molecule has 1 aromatic rings. The maximum atomic E-state index is 13.7. The van der Waals surface area contributed by atoms with E-state index in [9.17, 15) is 14.4 Å². The zero-order chi connectivity index (χ0) is 20.2. The van der Waals surface area contributed by atoms with Crippen molar-refractivity contribution in [1.29, 1.82) is 0 Å². The second-order valence-corrected chi connectivity index (χ2v) is 7.27. The van der Waals surface area contributed by atoms with E-state index in [1.165, 1.54) is 4.90 Å². The Hall–Kier alpha value is -3.09. The number of esters is 1. The number of benzene rings is 1. The Bertz CT molecular complexity index is 991. The van der Waals surface area contributed by atoms with Crippen molar-refractivity contribution in [3.05, 3.63) is 52.1 Å². The van der Waals surface area contributed by atoms with Gasteiger partial charge >= 0.3 is 5.97 Å². The van der Waals surface area contributed by atoms with Gasteiger partial charge in [-0.25, -0.2) is 4.79 Å². The first kappa shape index (κ1) is 18.3. The number of carbonyl (C=O) groups is 3. The van der Waals surface area contributed by atoms with Crippen LogP contribution in [-0.2, 0) is 29.3 Å². The lowest BCUT2D eigenvalue weighted by Crippen LogP contribution is -2.50. The predicted octanol–water partition coefficient (Wildman–Crippen LogP) is 1.98. The van der Waals surface area contributed by atoms with Crippen LogP contribution in [0.25, 0.3) is 0 Å². The number of amides is 1. The molecule has 1 atom stereocenters. The van der Waals surface area contributed by atoms with Gasteiger partial charge in [0.1, 0.15) is 16.7 Å². The molecule has 28 heavy (non-hydrogen) atoms. The van der Waals surface area contributed by atoms with Gasteiger partial charge in [0, 0.05) is 31.1 Å². The summed E-state index contributed by atoms with van der Waals surface area (Å²) in [5, 5.41) is 0. The van der Waals surface area contributed by atoms with Crippen LogP contribution in [0.5, 0.6) is 0 Å². The summed E-state index contributed by atoms with van der Waals surface area (Å²) < 4.78 is 10.9. The fourth-order valence-corrected chi connectivity index (χ4v) is 4.49. The van der Waals surface area contributed by atoms with E-state index < -0.39 is 17.3 Å². The molecule has 0 fully saturated rings. The quantitative estimate of drug-likeness (QED) is 0.786. The molecule has 146 valence electrons. The molecule has 0 bridgehead atoms. The number of hydrogen-bond acceptors (Lipinski definition) is 6. The lowest BCUT2D eigenvalue weighted by Gasteiger charge is -2.38. The summed E-state index contributed by atoms with van der Waals surface area (Å²) >= 11 is 0. The number of hydrogen-bond donors (Lipinski definition) is 1. The zero-order valence-corrected chi connectivity index (χ0v) is 16.1. The number of likely N-dealkylation sites (N-methyl/N-ethyl adjacent to an activating group) is 1. The standard InChI is InChI=1S/C21H22N2O5/c1-4-27-19(25)17-18(22)28-15-7-5-6-14(24)16(15)21(17)12-10-11(2)8-9-13(12)23(3)20(21)26/h8-10H,4-7,22H2,1-3H3. The van der Waals surface area contributed by atoms with Crippen LogP contribution < -0.4 is 10.6 Å². The van der Waals surface area contributed by atoms with Crippen LogP contribution in [0.15, 0.2) is 41.0 Å². The van der Waals surface area contributed by atoms with Crippen LogP contribution in [0, 0.1) is 6.92 Å². The second kappa shape index (κ2) is 6.22. The van der Waals surface area contributed by atoms with E-state index in [0.29, 0.717) is 29.9 Å². The van der Waals surface area contributed by atoms with E-state index in [-0.39, 0.29) is 35.8 Å². The molecule has 1 unspecified atom stereocenters. The van der Waals surface area contributed by atoms with Crippen molar-refractivity contribution < 1.29 is 23.9 Å². The third-order valence-corrected chi connectivity index (χ3v) is 5.62. The molecule has 4 rings (SSSR count). The number of aryl methyl sites for hydroxylation is 1. The molecule has 1 aliphatic carbocycles. The number of nitrogens with zero attached hydrogens (tertiary/aromatic N) is 1. The van der Waals surface area contributed by atoms with Crippen molar-refractivity contribution >= 4 is 23.3 Å². The van der Waals surface area contributed by atoms with E-state index in [1.54, 1.807) is 14.0 Å². The van der Waals surface area contributed by atoms with E-state index >= 15 is 0 Å². The molecule has 1 amide bonds. The van der Waals surface area contributed by atoms with Gasteiger partial charge in [0.2, 0.25) is 11.8 Å². The summed E-state index contributed by atoms with van der Waals surface area (Å²) in [5.74, 6) is -1.15. The first-order valence-electron chi connectivity index (χ1n) is 9.35. The largest absolute Gasteiger partial charge is 0.462 e. The number of anilines is 1. The van der Waals surface area contributed by atoms with Gasteiger partial charge in [-0.1, -0.05) is 17.7 Å². The summed E-state index contributed by atoms with van der Waals surface area (Å²) in [4.78, 5) is 41.2. The third kappa shape index (κ3) is 2.19. The number of ether oxygens (including phenoxy) is 2. The number of rotatable bonds is 2. The molecule has 3 aliphatic rings. The maximum Gasteiger partial charge on any atom is 0.341 e. The van der Waals surface area contributed by atoms with Crippen molar-refractivity contribution in [2.24, 2.45) is 5.73 Å². The van der Waals surface area contributed by atoms with Gasteiger partial charge in [-0.15, -0.1) is 0 Å². The smallest absolute Gasteiger partial charge is 0.341 e. The monoisotopic (exact) mass is 382 g/mol. The molecule has 0 saturated heterocycles. The van der Waals surface area contributed by atoms with Crippen LogP contribution in [0.1, 0.15) is 37.3 Å². The van der Waals surface area contributed by atoms with Crippen molar-refractivity contribution in [2.45, 2.75) is 38.5 Å². The van der Waals surface area contributed by atoms with Crippen LogP contribution in [-0.4, -0.2) is 31.3 Å². The Morgan fingerprint density at radius 1 is 1.32 bits per heavy atom. The molecule has 7 nitrogen and oxygen atoms in total. The lowest BCUT2D eigenvalue weighted by atomic mass is 9.64. The Kier molecular flexibility index (Phi) is 4.06. The topological polar surface area (TPSA) is 98.9 Å². The van der Waals surface area contributed by atoms with E-state index in [0.717, 1.165) is 5.56 Å². The molecular weight excluding hydrogens is 360 g/mol. The van der Waals surface area contributed by atoms with E-state index in [4.69, 9.17) is 15.2 Å². The minimum Gasteiger partial charge on any atom is -0.462 e. The molecule has 2 aliphatic heterocycles. The maximum absolute atomic E-state index is 13.7. The fraction of sp³-hybridized carbons (Fsp3) is 0.381. The first-order chi connectivity index (χ1) is 13.3. The molecule has 2 N–H and O–H groups in total. The normalized spacial score (nSPS) is 23.8. The Morgan fingerprint density at radius 3 is 2.79 bits per heavy atom. The molecule has 2 heterocycles. The summed E-state index contributed by atoms with van der Waals surface area (Å²) in [6.07, 6.45) is 1.39. The summed E-state index contributed by atoms with van der Waals surface area (Å²) in [6.45, 7) is 3.67. The molecule has 0 radical (unpaired) electrons. The average Bonchev–Trinajstić information content (AvgIpc) is 2.84. The van der Waals surface area contributed by atoms with Crippen molar-refractivity contribution in [3.8, 4) is 0 Å². The van der Waals surface area contributed by atoms with Gasteiger partial charge < -0.3 is 20.1 Å². The molecule has 1 spiro atoms. The van der Waals surface area contributed by atoms with Crippen molar-refractivity contribution in [3.63, 3.8) is 0 Å². The number of fused-ring (bicyclic) bond motifs is 3. The van der Waals surface area contributed by atoms with E-state index in [1.807, 2.05) is 25.1 Å². The van der Waals surface area contributed by atoms with Gasteiger partial charge in [0.15, 0.2) is 5.78 Å². The highest BCUT2D eigenvalue weighted by Gasteiger charge is 2.63. The van der Waals surface area contributed by atoms with Gasteiger partial charge in [-0.2, -0.15) is 0 Å². The molecular formula is C21H22N2O5. The predicted molar refractivity (Wildman–Crippen MR) is 101 cm³/mol. The first-order valence-corrected chi connectivity index (χ1v) is 9.35. The van der Waals surface area contributed by atoms with Crippen LogP contribution in [0.2, 0.25) is 0 Å². The van der Waals surface area contributed by atoms with Crippen LogP contribution in [0.4, 0.5) is 5.69 Å². The number of carbonyl (C=O) groups excluding carboxylic acids is 3. The van der Waals surface area contributed by atoms with Gasteiger partial charge in [-0.05, 0) is 26.3 Å². The zero-order valence-electron chi connectivity index (χ0n) is 16.1. The molecule has 0 saturated carbocycles. The second-order valence-electron chi connectivity index (χ2n) is 7.27. The number of allylic oxidation sites excluding steroid dienone is 1. The number of ketones is 1. The minimum atomic E-state index is -1.63. The van der Waals surface area contributed by atoms with Crippen molar-refractivity contribution in [1.82, 2.24) is 0 Å². The van der Waals surface area contributed by atoms with Gasteiger partial charge in [-0.3, -0.25) is 9.59 Å². The molecule has 1 aromatic carbocycles. The van der Waals surface area contributed by atoms with Crippen LogP contribution in [0.3, 0.4) is 0 Å². The summed E-state index contributed by atoms with van der Waals surface area (Å²) in [7, 11) is 1.63. The lowest BCUT2D eigenvalue weighted by molar-refractivity contribution is -0.141. The van der Waals surface area contributed by atoms with E-state index in [2.05, 4.69) is 0 Å². The third-order valence-electron chi connectivity index (χ3n) is 5.62. The SMILES string of the molecule is CCOC(=O)C1=C(N)OC2=C(C(=O)CCC2)C12C(=O)N(C)c1ccc(C)cc12. The number of nitrogens with two attached hydrogens (primary N) is 1. The highest BCUT2D eigenvalue weighted by Crippen LogP contribution is 2.55. The Morgan fingerprint density at radius 2 is 2.07 bits per heavy atom. The Labute approximate surface area is 162 Å². The van der Waals surface area contributed by atoms with Gasteiger partial charge in [0.05, 0.1) is 12.2 Å². The molecule has 0 aromatic heterocycles. The Balaban J connectivity index is 2.12. The highest BCUT2D eigenvalue weighted by molar-refractivity contribution is 6.23. The summed E-state index contributed by atoms with van der Waals surface area (Å²) in [6, 6.07) is 5.54. The highest BCUT2D eigenvalue weighted by atomic mass is 16.5. The van der Waals surface area contributed by atoms with Gasteiger partial charge in [0.25, 0.3) is 0 Å². The fourth-order valence-electron chi connectivity index (χ4n) is 4.49. The minimum absolute atomic E-state index is 0.107. The average molecular weight is 382 g/mol.